The normalized spacial score (nSPS) is 20.3. The van der Waals surface area contributed by atoms with Crippen molar-refractivity contribution in [3.8, 4) is 0 Å². The molecule has 1 amide bonds. The van der Waals surface area contributed by atoms with Gasteiger partial charge in [-0.25, -0.2) is 0 Å². The van der Waals surface area contributed by atoms with E-state index in [2.05, 4.69) is 33.3 Å². The van der Waals surface area contributed by atoms with Crippen LogP contribution in [0, 0.1) is 0 Å². The van der Waals surface area contributed by atoms with Crippen molar-refractivity contribution in [1.82, 2.24) is 4.90 Å². The number of benzene rings is 2. The van der Waals surface area contributed by atoms with Gasteiger partial charge in [0.15, 0.2) is 0 Å². The largest absolute Gasteiger partial charge is 0.369 e. The van der Waals surface area contributed by atoms with Crippen molar-refractivity contribution in [2.75, 3.05) is 43.0 Å². The predicted octanol–water partition coefficient (Wildman–Crippen LogP) is 3.78. The molecular formula is C22H26ClN3O2. The van der Waals surface area contributed by atoms with Crippen LogP contribution in [0.1, 0.15) is 18.4 Å². The van der Waals surface area contributed by atoms with E-state index in [4.69, 9.17) is 16.3 Å². The molecule has 2 aromatic carbocycles. The van der Waals surface area contributed by atoms with Gasteiger partial charge in [0.1, 0.15) is 6.10 Å². The highest BCUT2D eigenvalue weighted by molar-refractivity contribution is 6.31. The minimum Gasteiger partial charge on any atom is -0.369 e. The molecule has 0 radical (unpaired) electrons. The molecule has 0 spiro atoms. The summed E-state index contributed by atoms with van der Waals surface area (Å²) in [5.74, 6) is -0.0431. The Morgan fingerprint density at radius 1 is 1.07 bits per heavy atom. The lowest BCUT2D eigenvalue weighted by molar-refractivity contribution is -0.124. The van der Waals surface area contributed by atoms with Gasteiger partial charge in [0.2, 0.25) is 0 Å². The molecule has 2 heterocycles. The van der Waals surface area contributed by atoms with Gasteiger partial charge in [-0.05, 0) is 48.7 Å². The predicted molar refractivity (Wildman–Crippen MR) is 113 cm³/mol. The van der Waals surface area contributed by atoms with Crippen molar-refractivity contribution >= 4 is 28.9 Å². The standard InChI is InChI=1S/C22H26ClN3O2/c23-20-5-2-1-4-17(20)16-25-11-13-26(14-12-25)19-9-7-18(8-10-19)24-22(27)21-6-3-15-28-21/h1-2,4-5,7-10,21H,3,6,11-16H2,(H,24,27). The Labute approximate surface area is 171 Å². The lowest BCUT2D eigenvalue weighted by atomic mass is 10.2. The quantitative estimate of drug-likeness (QED) is 0.831. The zero-order chi connectivity index (χ0) is 19.3. The number of hydrogen-bond acceptors (Lipinski definition) is 4. The number of nitrogens with one attached hydrogen (secondary N) is 1. The second kappa shape index (κ2) is 8.95. The molecular weight excluding hydrogens is 374 g/mol. The lowest BCUT2D eigenvalue weighted by Crippen LogP contribution is -2.46. The van der Waals surface area contributed by atoms with Crippen molar-refractivity contribution in [3.63, 3.8) is 0 Å². The fourth-order valence-corrected chi connectivity index (χ4v) is 3.99. The Kier molecular flexibility index (Phi) is 6.15. The van der Waals surface area contributed by atoms with E-state index in [1.54, 1.807) is 0 Å². The van der Waals surface area contributed by atoms with E-state index in [-0.39, 0.29) is 12.0 Å². The zero-order valence-electron chi connectivity index (χ0n) is 15.9. The summed E-state index contributed by atoms with van der Waals surface area (Å²) < 4.78 is 5.43. The van der Waals surface area contributed by atoms with E-state index in [0.717, 1.165) is 56.3 Å². The van der Waals surface area contributed by atoms with Crippen molar-refractivity contribution in [2.24, 2.45) is 0 Å². The molecule has 2 aliphatic heterocycles. The molecule has 0 bridgehead atoms. The van der Waals surface area contributed by atoms with E-state index in [1.165, 1.54) is 11.3 Å². The molecule has 1 N–H and O–H groups in total. The van der Waals surface area contributed by atoms with Crippen molar-refractivity contribution in [2.45, 2.75) is 25.5 Å². The first-order valence-corrected chi connectivity index (χ1v) is 10.3. The Bertz CT molecular complexity index is 798. The summed E-state index contributed by atoms with van der Waals surface area (Å²) in [5.41, 5.74) is 3.19. The SMILES string of the molecule is O=C(Nc1ccc(N2CCN(Cc3ccccc3Cl)CC2)cc1)C1CCCO1. The van der Waals surface area contributed by atoms with Crippen molar-refractivity contribution in [3.05, 3.63) is 59.1 Å². The van der Waals surface area contributed by atoms with Crippen LogP contribution >= 0.6 is 11.6 Å². The summed E-state index contributed by atoms with van der Waals surface area (Å²) in [5, 5.41) is 3.79. The molecule has 148 valence electrons. The number of anilines is 2. The third kappa shape index (κ3) is 4.66. The number of piperazine rings is 1. The van der Waals surface area contributed by atoms with E-state index in [9.17, 15) is 4.79 Å². The number of carbonyl (C=O) groups is 1. The highest BCUT2D eigenvalue weighted by Crippen LogP contribution is 2.22. The molecule has 1 atom stereocenters. The Morgan fingerprint density at radius 3 is 2.50 bits per heavy atom. The minimum atomic E-state index is -0.300. The Balaban J connectivity index is 1.28. The number of ether oxygens (including phenoxy) is 1. The molecule has 5 nitrogen and oxygen atoms in total. The van der Waals surface area contributed by atoms with E-state index in [1.807, 2.05) is 30.3 Å². The first kappa shape index (κ1) is 19.2. The summed E-state index contributed by atoms with van der Waals surface area (Å²) in [6, 6.07) is 16.2. The second-order valence-corrected chi connectivity index (χ2v) is 7.80. The third-order valence-electron chi connectivity index (χ3n) is 5.45. The van der Waals surface area contributed by atoms with Gasteiger partial charge in [-0.3, -0.25) is 9.69 Å². The fraction of sp³-hybridized carbons (Fsp3) is 0.409. The van der Waals surface area contributed by atoms with Crippen LogP contribution in [0.15, 0.2) is 48.5 Å². The van der Waals surface area contributed by atoms with Crippen LogP contribution in [-0.2, 0) is 16.1 Å². The highest BCUT2D eigenvalue weighted by atomic mass is 35.5. The zero-order valence-corrected chi connectivity index (χ0v) is 16.7. The van der Waals surface area contributed by atoms with Gasteiger partial charge in [-0.2, -0.15) is 0 Å². The third-order valence-corrected chi connectivity index (χ3v) is 5.81. The van der Waals surface area contributed by atoms with Gasteiger partial charge >= 0.3 is 0 Å². The maximum atomic E-state index is 12.1. The Hall–Kier alpha value is -2.08. The number of carbonyl (C=O) groups excluding carboxylic acids is 1. The fourth-order valence-electron chi connectivity index (χ4n) is 3.79. The topological polar surface area (TPSA) is 44.8 Å². The Morgan fingerprint density at radius 2 is 1.82 bits per heavy atom. The average Bonchev–Trinajstić information content (AvgIpc) is 3.26. The first-order chi connectivity index (χ1) is 13.7. The molecule has 0 aromatic heterocycles. The van der Waals surface area contributed by atoms with Crippen LogP contribution in [0.3, 0.4) is 0 Å². The van der Waals surface area contributed by atoms with Crippen LogP contribution < -0.4 is 10.2 Å². The summed E-state index contributed by atoms with van der Waals surface area (Å²) in [6.07, 6.45) is 1.47. The maximum Gasteiger partial charge on any atom is 0.253 e. The average molecular weight is 400 g/mol. The number of nitrogens with zero attached hydrogens (tertiary/aromatic N) is 2. The summed E-state index contributed by atoms with van der Waals surface area (Å²) in [6.45, 7) is 5.53. The molecule has 0 aliphatic carbocycles. The van der Waals surface area contributed by atoms with Crippen LogP contribution in [0.5, 0.6) is 0 Å². The first-order valence-electron chi connectivity index (χ1n) is 9.92. The van der Waals surface area contributed by atoms with Gasteiger partial charge < -0.3 is 15.0 Å². The molecule has 2 saturated heterocycles. The maximum absolute atomic E-state index is 12.1. The van der Waals surface area contributed by atoms with E-state index < -0.39 is 0 Å². The molecule has 2 aliphatic rings. The second-order valence-electron chi connectivity index (χ2n) is 7.39. The minimum absolute atomic E-state index is 0.0431. The number of amides is 1. The summed E-state index contributed by atoms with van der Waals surface area (Å²) >= 11 is 6.29. The molecule has 2 aromatic rings. The number of hydrogen-bond donors (Lipinski definition) is 1. The van der Waals surface area contributed by atoms with Crippen LogP contribution in [0.4, 0.5) is 11.4 Å². The summed E-state index contributed by atoms with van der Waals surface area (Å²) in [7, 11) is 0. The highest BCUT2D eigenvalue weighted by Gasteiger charge is 2.23. The number of halogens is 1. The molecule has 4 rings (SSSR count). The van der Waals surface area contributed by atoms with E-state index in [0.29, 0.717) is 6.61 Å². The van der Waals surface area contributed by atoms with Crippen molar-refractivity contribution < 1.29 is 9.53 Å². The van der Waals surface area contributed by atoms with Crippen LogP contribution in [0.25, 0.3) is 0 Å². The monoisotopic (exact) mass is 399 g/mol. The van der Waals surface area contributed by atoms with Gasteiger partial charge in [-0.1, -0.05) is 29.8 Å². The van der Waals surface area contributed by atoms with Gasteiger partial charge in [0.25, 0.3) is 5.91 Å². The molecule has 2 fully saturated rings. The van der Waals surface area contributed by atoms with Gasteiger partial charge in [0, 0.05) is 55.7 Å². The molecule has 1 unspecified atom stereocenters. The van der Waals surface area contributed by atoms with Crippen LogP contribution in [0.2, 0.25) is 5.02 Å². The van der Waals surface area contributed by atoms with Crippen LogP contribution in [-0.4, -0.2) is 49.7 Å². The number of rotatable bonds is 5. The molecule has 28 heavy (non-hydrogen) atoms. The van der Waals surface area contributed by atoms with E-state index >= 15 is 0 Å². The van der Waals surface area contributed by atoms with Gasteiger partial charge in [0.05, 0.1) is 0 Å². The van der Waals surface area contributed by atoms with Crippen molar-refractivity contribution in [1.29, 1.82) is 0 Å². The summed E-state index contributed by atoms with van der Waals surface area (Å²) in [4.78, 5) is 17.0. The smallest absolute Gasteiger partial charge is 0.253 e. The molecule has 0 saturated carbocycles. The lowest BCUT2D eigenvalue weighted by Gasteiger charge is -2.36. The molecule has 6 heteroatoms. The van der Waals surface area contributed by atoms with Gasteiger partial charge in [-0.15, -0.1) is 0 Å².